The van der Waals surface area contributed by atoms with E-state index in [0.29, 0.717) is 16.7 Å². The van der Waals surface area contributed by atoms with Gasteiger partial charge in [-0.1, -0.05) is 54.6 Å². The number of imidazole rings is 1. The molecule has 0 unspecified atom stereocenters. The van der Waals surface area contributed by atoms with E-state index in [1.54, 1.807) is 10.9 Å². The molecule has 8 rings (SSSR count). The molecule has 0 fully saturated rings. The van der Waals surface area contributed by atoms with E-state index in [4.69, 9.17) is 5.73 Å². The average Bonchev–Trinajstić information content (AvgIpc) is 3.36. The van der Waals surface area contributed by atoms with Gasteiger partial charge in [-0.25, -0.2) is 15.0 Å². The summed E-state index contributed by atoms with van der Waals surface area (Å²) in [4.78, 5) is 12.8. The molecule has 5 aromatic carbocycles. The molecule has 5 N–H and O–H groups in total. The zero-order chi connectivity index (χ0) is 25.0. The van der Waals surface area contributed by atoms with Crippen LogP contribution in [-0.2, 0) is 0 Å². The molecule has 0 bridgehead atoms. The van der Waals surface area contributed by atoms with E-state index < -0.39 is 24.4 Å². The molecule has 8 heteroatoms. The van der Waals surface area contributed by atoms with Gasteiger partial charge in [0.15, 0.2) is 11.5 Å². The molecule has 4 atom stereocenters. The van der Waals surface area contributed by atoms with Gasteiger partial charge >= 0.3 is 0 Å². The van der Waals surface area contributed by atoms with Crippen molar-refractivity contribution in [3.05, 3.63) is 84.4 Å². The maximum Gasteiger partial charge on any atom is 0.182 e. The van der Waals surface area contributed by atoms with Crippen molar-refractivity contribution in [2.45, 2.75) is 24.4 Å². The lowest BCUT2D eigenvalue weighted by Crippen LogP contribution is -2.44. The molecule has 0 spiro atoms. The van der Waals surface area contributed by atoms with Crippen LogP contribution in [-0.4, -0.2) is 47.0 Å². The second-order valence-electron chi connectivity index (χ2n) is 9.82. The fraction of sp³-hybridized carbons (Fsp3) is 0.138. The molecule has 0 radical (unpaired) electrons. The summed E-state index contributed by atoms with van der Waals surface area (Å²) in [5.74, 6) is 0.222. The summed E-state index contributed by atoms with van der Waals surface area (Å²) in [6.07, 6.45) is -1.11. The third kappa shape index (κ3) is 2.54. The average molecular weight is 488 g/mol. The molecule has 2 heterocycles. The zero-order valence-electron chi connectivity index (χ0n) is 19.4. The normalized spacial score (nSPS) is 22.0. The van der Waals surface area contributed by atoms with Gasteiger partial charge in [0.1, 0.15) is 30.2 Å². The molecular formula is C29H21N5O3. The molecule has 0 saturated carbocycles. The number of fused-ring (bicyclic) bond motifs is 6. The Kier molecular flexibility index (Phi) is 3.99. The molecule has 2 aromatic heterocycles. The fourth-order valence-electron chi connectivity index (χ4n) is 6.45. The highest BCUT2D eigenvalue weighted by Crippen LogP contribution is 2.50. The van der Waals surface area contributed by atoms with Crippen LogP contribution in [0.1, 0.15) is 23.3 Å². The monoisotopic (exact) mass is 487 g/mol. The molecule has 1 aliphatic carbocycles. The van der Waals surface area contributed by atoms with Crippen LogP contribution in [0.2, 0.25) is 0 Å². The Bertz CT molecular complexity index is 2030. The maximum atomic E-state index is 11.5. The standard InChI is InChI=1S/C29H21N5O3/c30-28-24-29(32-11-31-28)33-12-34(24)23-22-18(25(35)27(37)26(23)36)10-14-9-8-13-4-3-7-16-15-5-1-2-6-17(15)21(22)20(14)19(13)16/h1-12,23,25-27,35-37H,(H2,30,31,32)/t23-,25+,26+,27-/m0/s1. The summed E-state index contributed by atoms with van der Waals surface area (Å²) in [5.41, 5.74) is 8.41. The second kappa shape index (κ2) is 7.10. The second-order valence-corrected chi connectivity index (χ2v) is 9.82. The zero-order valence-corrected chi connectivity index (χ0v) is 19.4. The molecule has 7 aromatic rings. The van der Waals surface area contributed by atoms with Gasteiger partial charge < -0.3 is 25.6 Å². The summed E-state index contributed by atoms with van der Waals surface area (Å²) in [6.45, 7) is 0. The molecule has 1 aliphatic rings. The van der Waals surface area contributed by atoms with Crippen LogP contribution >= 0.6 is 0 Å². The lowest BCUT2D eigenvalue weighted by molar-refractivity contribution is -0.0833. The topological polar surface area (TPSA) is 130 Å². The lowest BCUT2D eigenvalue weighted by Gasteiger charge is -2.39. The van der Waals surface area contributed by atoms with Crippen molar-refractivity contribution in [1.82, 2.24) is 19.5 Å². The third-order valence-corrected chi connectivity index (χ3v) is 8.01. The Balaban J connectivity index is 1.63. The van der Waals surface area contributed by atoms with E-state index in [0.717, 1.165) is 48.7 Å². The van der Waals surface area contributed by atoms with Crippen molar-refractivity contribution >= 4 is 60.1 Å². The minimum absolute atomic E-state index is 0.222. The van der Waals surface area contributed by atoms with Crippen LogP contribution in [0.25, 0.3) is 54.3 Å². The van der Waals surface area contributed by atoms with Crippen LogP contribution in [0.5, 0.6) is 0 Å². The highest BCUT2D eigenvalue weighted by molar-refractivity contribution is 6.34. The van der Waals surface area contributed by atoms with Crippen molar-refractivity contribution in [3.8, 4) is 0 Å². The van der Waals surface area contributed by atoms with Crippen LogP contribution in [0.3, 0.4) is 0 Å². The van der Waals surface area contributed by atoms with Gasteiger partial charge in [-0.15, -0.1) is 0 Å². The maximum absolute atomic E-state index is 11.5. The fourth-order valence-corrected chi connectivity index (χ4v) is 6.45. The molecule has 0 saturated heterocycles. The number of aromatic nitrogens is 4. The van der Waals surface area contributed by atoms with Crippen molar-refractivity contribution in [1.29, 1.82) is 0 Å². The first-order valence-corrected chi connectivity index (χ1v) is 12.1. The van der Waals surface area contributed by atoms with Crippen LogP contribution in [0.15, 0.2) is 73.3 Å². The smallest absolute Gasteiger partial charge is 0.182 e. The summed E-state index contributed by atoms with van der Waals surface area (Å²) >= 11 is 0. The Morgan fingerprint density at radius 1 is 0.730 bits per heavy atom. The summed E-state index contributed by atoms with van der Waals surface area (Å²) < 4.78 is 1.73. The van der Waals surface area contributed by atoms with E-state index in [9.17, 15) is 15.3 Å². The molecular weight excluding hydrogens is 466 g/mol. The highest BCUT2D eigenvalue weighted by Gasteiger charge is 2.44. The lowest BCUT2D eigenvalue weighted by atomic mass is 9.76. The minimum atomic E-state index is -1.42. The molecule has 8 nitrogen and oxygen atoms in total. The largest absolute Gasteiger partial charge is 0.388 e. The number of nitrogen functional groups attached to an aromatic ring is 1. The third-order valence-electron chi connectivity index (χ3n) is 8.01. The molecule has 0 aliphatic heterocycles. The van der Waals surface area contributed by atoms with Crippen molar-refractivity contribution < 1.29 is 15.3 Å². The number of benzene rings is 5. The minimum Gasteiger partial charge on any atom is -0.388 e. The number of hydrogen-bond acceptors (Lipinski definition) is 7. The SMILES string of the molecule is Nc1ncnc2ncn([C@H]3c4c(cc5ccc6cccc7c8ccccc8c4c5c67)[C@@H](O)[C@H](O)[C@@H]3O)c12. The molecule has 37 heavy (non-hydrogen) atoms. The number of anilines is 1. The van der Waals surface area contributed by atoms with Gasteiger partial charge in [0.05, 0.1) is 12.4 Å². The molecule has 0 amide bonds. The number of aliphatic hydroxyl groups excluding tert-OH is 3. The van der Waals surface area contributed by atoms with Crippen molar-refractivity contribution in [2.24, 2.45) is 0 Å². The van der Waals surface area contributed by atoms with Crippen LogP contribution < -0.4 is 5.73 Å². The predicted octanol–water partition coefficient (Wildman–Crippen LogP) is 3.82. The Labute approximate surface area is 209 Å². The Morgan fingerprint density at radius 3 is 2.35 bits per heavy atom. The van der Waals surface area contributed by atoms with E-state index in [1.807, 2.05) is 18.2 Å². The number of aliphatic hydroxyl groups is 3. The predicted molar refractivity (Wildman–Crippen MR) is 142 cm³/mol. The Hall–Kier alpha value is -4.37. The van der Waals surface area contributed by atoms with E-state index in [2.05, 4.69) is 57.4 Å². The Morgan fingerprint density at radius 2 is 1.49 bits per heavy atom. The summed E-state index contributed by atoms with van der Waals surface area (Å²) in [7, 11) is 0. The summed E-state index contributed by atoms with van der Waals surface area (Å²) in [5, 5.41) is 42.2. The van der Waals surface area contributed by atoms with Crippen LogP contribution in [0, 0.1) is 0 Å². The first kappa shape index (κ1) is 20.8. The number of nitrogens with two attached hydrogens (primary N) is 1. The van der Waals surface area contributed by atoms with Gasteiger partial charge in [-0.05, 0) is 60.3 Å². The number of rotatable bonds is 1. The quantitative estimate of drug-likeness (QED) is 0.205. The number of hydrogen-bond donors (Lipinski definition) is 4. The van der Waals surface area contributed by atoms with Crippen molar-refractivity contribution in [2.75, 3.05) is 5.73 Å². The van der Waals surface area contributed by atoms with Gasteiger partial charge in [-0.2, -0.15) is 0 Å². The molecule has 180 valence electrons. The summed E-state index contributed by atoms with van der Waals surface area (Å²) in [6, 6.07) is 19.8. The van der Waals surface area contributed by atoms with Crippen molar-refractivity contribution in [3.63, 3.8) is 0 Å². The van der Waals surface area contributed by atoms with Crippen LogP contribution in [0.4, 0.5) is 5.82 Å². The van der Waals surface area contributed by atoms with Gasteiger partial charge in [-0.3, -0.25) is 0 Å². The number of nitrogens with zero attached hydrogens (tertiary/aromatic N) is 4. The van der Waals surface area contributed by atoms with E-state index >= 15 is 0 Å². The van der Waals surface area contributed by atoms with Gasteiger partial charge in [0, 0.05) is 0 Å². The van der Waals surface area contributed by atoms with E-state index in [1.165, 1.54) is 6.33 Å². The van der Waals surface area contributed by atoms with Gasteiger partial charge in [0.25, 0.3) is 0 Å². The first-order valence-electron chi connectivity index (χ1n) is 12.1. The highest BCUT2D eigenvalue weighted by atomic mass is 16.4. The van der Waals surface area contributed by atoms with E-state index in [-0.39, 0.29) is 5.82 Å². The van der Waals surface area contributed by atoms with Gasteiger partial charge in [0.2, 0.25) is 0 Å². The first-order chi connectivity index (χ1) is 18.0.